The third kappa shape index (κ3) is 4.97. The first-order valence-corrected chi connectivity index (χ1v) is 11.6. The Morgan fingerprint density at radius 3 is 2.67 bits per heavy atom. The van der Waals surface area contributed by atoms with E-state index in [4.69, 9.17) is 4.74 Å². The quantitative estimate of drug-likeness (QED) is 0.336. The Kier molecular flexibility index (Phi) is 6.51. The van der Waals surface area contributed by atoms with E-state index in [0.717, 1.165) is 4.57 Å². The summed E-state index contributed by atoms with van der Waals surface area (Å²) in [5, 5.41) is 24.5. The molecule has 0 spiro atoms. The van der Waals surface area contributed by atoms with Crippen LogP contribution in [-0.2, 0) is 20.3 Å². The minimum absolute atomic E-state index is 0.0157. The van der Waals surface area contributed by atoms with Crippen LogP contribution in [0.15, 0.2) is 41.6 Å². The molecule has 1 fully saturated rings. The van der Waals surface area contributed by atoms with E-state index in [9.17, 15) is 33.1 Å². The molecule has 13 nitrogen and oxygen atoms in total. The number of fused-ring (bicyclic) bond motifs is 1. The van der Waals surface area contributed by atoms with E-state index in [1.54, 1.807) is 0 Å². The van der Waals surface area contributed by atoms with E-state index in [2.05, 4.69) is 25.6 Å². The van der Waals surface area contributed by atoms with Crippen LogP contribution >= 0.6 is 0 Å². The van der Waals surface area contributed by atoms with Gasteiger partial charge in [-0.25, -0.2) is 14.8 Å². The van der Waals surface area contributed by atoms with Gasteiger partial charge in [-0.05, 0) is 12.1 Å². The molecule has 1 aliphatic heterocycles. The van der Waals surface area contributed by atoms with E-state index in [0.29, 0.717) is 12.3 Å². The van der Waals surface area contributed by atoms with Crippen LogP contribution in [0.4, 0.5) is 35.4 Å². The Morgan fingerprint density at radius 2 is 2.00 bits per heavy atom. The van der Waals surface area contributed by atoms with Crippen molar-refractivity contribution in [2.45, 2.75) is 12.3 Å². The number of urea groups is 1. The third-order valence-corrected chi connectivity index (χ3v) is 6.08. The highest BCUT2D eigenvalue weighted by molar-refractivity contribution is 5.89. The molecule has 4 aromatic heterocycles. The number of halogens is 3. The number of nitriles is 1. The van der Waals surface area contributed by atoms with Gasteiger partial charge in [0.15, 0.2) is 11.4 Å². The summed E-state index contributed by atoms with van der Waals surface area (Å²) in [6, 6.07) is 5.18. The SMILES string of the molecule is Cn1cc(C(F)(F)F)cc(Nc2nc3ncc(Oc4ccnc(NC(=O)N5CC(O)C5)c4)c(C#N)c3n2C)c1=O. The van der Waals surface area contributed by atoms with Gasteiger partial charge in [-0.1, -0.05) is 0 Å². The molecule has 1 saturated heterocycles. The predicted molar refractivity (Wildman–Crippen MR) is 134 cm³/mol. The second-order valence-corrected chi connectivity index (χ2v) is 8.92. The van der Waals surface area contributed by atoms with Crippen LogP contribution in [0.5, 0.6) is 11.5 Å². The number of nitrogens with zero attached hydrogens (tertiary/aromatic N) is 7. The summed E-state index contributed by atoms with van der Waals surface area (Å²) in [7, 11) is 2.69. The van der Waals surface area contributed by atoms with Crippen LogP contribution in [0, 0.1) is 11.3 Å². The van der Waals surface area contributed by atoms with Crippen LogP contribution < -0.4 is 20.9 Å². The molecule has 0 aliphatic carbocycles. The number of hydrogen-bond acceptors (Lipinski definition) is 9. The number of pyridine rings is 3. The first-order valence-electron chi connectivity index (χ1n) is 11.6. The molecule has 0 atom stereocenters. The summed E-state index contributed by atoms with van der Waals surface area (Å²) in [5.74, 6) is 0.400. The van der Waals surface area contributed by atoms with E-state index in [1.807, 2.05) is 6.07 Å². The van der Waals surface area contributed by atoms with Crippen LogP contribution in [0.3, 0.4) is 0 Å². The number of carbonyl (C=O) groups excluding carboxylic acids is 1. The summed E-state index contributed by atoms with van der Waals surface area (Å²) in [4.78, 5) is 38.6. The number of aryl methyl sites for hydroxylation is 2. The van der Waals surface area contributed by atoms with Crippen molar-refractivity contribution in [3.8, 4) is 17.6 Å². The van der Waals surface area contributed by atoms with Crippen molar-refractivity contribution in [1.29, 1.82) is 5.26 Å². The lowest BCUT2D eigenvalue weighted by Gasteiger charge is -2.35. The normalized spacial score (nSPS) is 13.6. The van der Waals surface area contributed by atoms with Crippen LogP contribution in [0.1, 0.15) is 11.1 Å². The minimum Gasteiger partial charge on any atom is -0.454 e. The number of carbonyl (C=O) groups is 1. The molecular formula is C24H20F3N9O4. The van der Waals surface area contributed by atoms with Crippen molar-refractivity contribution in [3.05, 3.63) is 58.3 Å². The topological polar surface area (TPSA) is 163 Å². The lowest BCUT2D eigenvalue weighted by molar-refractivity contribution is -0.138. The fourth-order valence-electron chi connectivity index (χ4n) is 4.01. The van der Waals surface area contributed by atoms with Gasteiger partial charge in [-0.3, -0.25) is 10.1 Å². The average Bonchev–Trinajstić information content (AvgIpc) is 3.19. The molecule has 16 heteroatoms. The molecular weight excluding hydrogens is 535 g/mol. The molecule has 0 radical (unpaired) electrons. The molecule has 1 aliphatic rings. The van der Waals surface area contributed by atoms with Crippen molar-refractivity contribution >= 4 is 34.6 Å². The summed E-state index contributed by atoms with van der Waals surface area (Å²) < 4.78 is 47.9. The molecule has 0 unspecified atom stereocenters. The Balaban J connectivity index is 1.44. The molecule has 2 amide bonds. The van der Waals surface area contributed by atoms with Crippen LogP contribution in [0.25, 0.3) is 11.2 Å². The molecule has 0 bridgehead atoms. The molecule has 3 N–H and O–H groups in total. The van der Waals surface area contributed by atoms with Gasteiger partial charge >= 0.3 is 12.2 Å². The van der Waals surface area contributed by atoms with E-state index in [1.165, 1.54) is 48.1 Å². The van der Waals surface area contributed by atoms with Gasteiger partial charge in [0.2, 0.25) is 5.95 Å². The number of rotatable bonds is 5. The first-order chi connectivity index (χ1) is 18.9. The van der Waals surface area contributed by atoms with Crippen molar-refractivity contribution in [2.24, 2.45) is 14.1 Å². The van der Waals surface area contributed by atoms with Crippen molar-refractivity contribution in [3.63, 3.8) is 0 Å². The number of aliphatic hydroxyl groups is 1. The van der Waals surface area contributed by atoms with Gasteiger partial charge < -0.3 is 29.2 Å². The van der Waals surface area contributed by atoms with Crippen molar-refractivity contribution < 1.29 is 27.8 Å². The van der Waals surface area contributed by atoms with E-state index < -0.39 is 29.4 Å². The number of ether oxygens (including phenoxy) is 1. The summed E-state index contributed by atoms with van der Waals surface area (Å²) in [5.41, 5.74) is -1.82. The number of nitrogens with one attached hydrogen (secondary N) is 2. The maximum absolute atomic E-state index is 13.3. The third-order valence-electron chi connectivity index (χ3n) is 6.08. The van der Waals surface area contributed by atoms with Crippen LogP contribution in [0.2, 0.25) is 0 Å². The minimum atomic E-state index is -4.68. The summed E-state index contributed by atoms with van der Waals surface area (Å²) in [6.07, 6.45) is -1.91. The highest BCUT2D eigenvalue weighted by Crippen LogP contribution is 2.33. The Hall–Kier alpha value is -5.17. The second-order valence-electron chi connectivity index (χ2n) is 8.92. The van der Waals surface area contributed by atoms with Gasteiger partial charge in [0, 0.05) is 32.6 Å². The zero-order valence-electron chi connectivity index (χ0n) is 20.9. The number of alkyl halides is 3. The average molecular weight is 555 g/mol. The Bertz CT molecular complexity index is 1740. The van der Waals surface area contributed by atoms with Gasteiger partial charge in [0.1, 0.15) is 34.4 Å². The van der Waals surface area contributed by atoms with Gasteiger partial charge in [-0.2, -0.15) is 23.4 Å². The van der Waals surface area contributed by atoms with E-state index >= 15 is 0 Å². The highest BCUT2D eigenvalue weighted by Gasteiger charge is 2.32. The number of hydrogen-bond donors (Lipinski definition) is 3. The van der Waals surface area contributed by atoms with Crippen molar-refractivity contribution in [1.82, 2.24) is 29.0 Å². The van der Waals surface area contributed by atoms with Gasteiger partial charge in [0.25, 0.3) is 5.56 Å². The molecule has 0 aromatic carbocycles. The number of likely N-dealkylation sites (tertiary alicyclic amines) is 1. The lowest BCUT2D eigenvalue weighted by atomic mass is 10.2. The number of amides is 2. The molecule has 40 heavy (non-hydrogen) atoms. The lowest BCUT2D eigenvalue weighted by Crippen LogP contribution is -2.54. The smallest absolute Gasteiger partial charge is 0.417 e. The molecule has 206 valence electrons. The summed E-state index contributed by atoms with van der Waals surface area (Å²) in [6.45, 7) is 0.423. The number of anilines is 3. The first kappa shape index (κ1) is 26.4. The number of aromatic nitrogens is 5. The van der Waals surface area contributed by atoms with Gasteiger partial charge in [0.05, 0.1) is 31.0 Å². The Labute approximate surface area is 223 Å². The second kappa shape index (κ2) is 9.85. The maximum Gasteiger partial charge on any atom is 0.417 e. The fraction of sp³-hybridized carbons (Fsp3) is 0.250. The van der Waals surface area contributed by atoms with Gasteiger partial charge in [-0.15, -0.1) is 0 Å². The molecule has 0 saturated carbocycles. The molecule has 4 aromatic rings. The van der Waals surface area contributed by atoms with Crippen molar-refractivity contribution in [2.75, 3.05) is 23.7 Å². The van der Waals surface area contributed by atoms with E-state index in [-0.39, 0.29) is 58.8 Å². The largest absolute Gasteiger partial charge is 0.454 e. The molecule has 5 rings (SSSR count). The molecule has 5 heterocycles. The summed E-state index contributed by atoms with van der Waals surface area (Å²) >= 11 is 0. The zero-order valence-corrected chi connectivity index (χ0v) is 20.9. The number of aliphatic hydroxyl groups excluding tert-OH is 1. The Morgan fingerprint density at radius 1 is 1.25 bits per heavy atom. The number of β-amino-alcohol motifs (C(OH)–C–C–N with tert-alkyl or cyclic N) is 1. The zero-order chi connectivity index (χ0) is 28.8. The van der Waals surface area contributed by atoms with Crippen LogP contribution in [-0.4, -0.2) is 59.3 Å². The number of imidazole rings is 1. The maximum atomic E-state index is 13.3. The fourth-order valence-corrected chi connectivity index (χ4v) is 4.01. The highest BCUT2D eigenvalue weighted by atomic mass is 19.4. The standard InChI is InChI=1S/C24H20F3N9O4/c1-34-9-12(24(25,26)27)5-16(21(34)38)31-22-33-20-19(35(22)2)15(7-28)17(8-30-20)40-14-3-4-29-18(6-14)32-23(39)36-10-13(37)11-36/h3-6,8-9,13,37H,10-11H2,1-2H3,(H,29,32,39)(H,30,31,33). The predicted octanol–water partition coefficient (Wildman–Crippen LogP) is 2.70. The monoisotopic (exact) mass is 555 g/mol.